The summed E-state index contributed by atoms with van der Waals surface area (Å²) in [5, 5.41) is 3.22. The summed E-state index contributed by atoms with van der Waals surface area (Å²) in [4.78, 5) is 12.8. The molecule has 0 saturated heterocycles. The van der Waals surface area contributed by atoms with Gasteiger partial charge in [0.1, 0.15) is 18.1 Å². The molecule has 1 N–H and O–H groups in total. The van der Waals surface area contributed by atoms with Crippen LogP contribution in [0.2, 0.25) is 0 Å². The highest BCUT2D eigenvalue weighted by Crippen LogP contribution is 2.24. The highest BCUT2D eigenvalue weighted by atomic mass is 16.5. The molecule has 0 radical (unpaired) electrons. The molecule has 1 saturated carbocycles. The normalized spacial score (nSPS) is 14.9. The predicted octanol–water partition coefficient (Wildman–Crippen LogP) is 5.73. The van der Waals surface area contributed by atoms with E-state index in [1.165, 1.54) is 36.8 Å². The van der Waals surface area contributed by atoms with Gasteiger partial charge in [0.05, 0.1) is 6.61 Å². The lowest BCUT2D eigenvalue weighted by Gasteiger charge is -2.17. The first-order chi connectivity index (χ1) is 14.1. The third-order valence-electron chi connectivity index (χ3n) is 5.69. The largest absolute Gasteiger partial charge is 0.493 e. The van der Waals surface area contributed by atoms with Crippen LogP contribution in [0.25, 0.3) is 0 Å². The lowest BCUT2D eigenvalue weighted by molar-refractivity contribution is 0.0933. The third-order valence-corrected chi connectivity index (χ3v) is 5.69. The zero-order valence-corrected chi connectivity index (χ0v) is 17.9. The van der Waals surface area contributed by atoms with E-state index in [-0.39, 0.29) is 11.9 Å². The molecular weight excluding hydrogens is 362 g/mol. The van der Waals surface area contributed by atoms with Crippen molar-refractivity contribution in [2.75, 3.05) is 6.61 Å². The third kappa shape index (κ3) is 5.99. The van der Waals surface area contributed by atoms with E-state index in [2.05, 4.69) is 25.2 Å². The Kier molecular flexibility index (Phi) is 7.56. The minimum atomic E-state index is -0.00706. The lowest BCUT2D eigenvalue weighted by Crippen LogP contribution is -2.34. The van der Waals surface area contributed by atoms with Crippen molar-refractivity contribution in [1.29, 1.82) is 0 Å². The molecule has 4 nitrogen and oxygen atoms in total. The molecule has 0 aliphatic heterocycles. The van der Waals surface area contributed by atoms with Crippen LogP contribution in [0.1, 0.15) is 72.5 Å². The minimum Gasteiger partial charge on any atom is -0.493 e. The van der Waals surface area contributed by atoms with Gasteiger partial charge in [0.15, 0.2) is 0 Å². The number of hydrogen-bond donors (Lipinski definition) is 1. The molecule has 156 valence electrons. The summed E-state index contributed by atoms with van der Waals surface area (Å²) in [6.07, 6.45) is 7.09. The number of aryl methyl sites for hydroxylation is 2. The SMILES string of the molecule is CCOc1ccc(C(=O)NC2CCCCCC2)cc1COc1ccc(C)c(C)c1. The van der Waals surface area contributed by atoms with E-state index in [1.807, 2.05) is 37.3 Å². The van der Waals surface area contributed by atoms with Gasteiger partial charge < -0.3 is 14.8 Å². The van der Waals surface area contributed by atoms with Gasteiger partial charge in [-0.2, -0.15) is 0 Å². The summed E-state index contributed by atoms with van der Waals surface area (Å²) in [5.74, 6) is 1.58. The summed E-state index contributed by atoms with van der Waals surface area (Å²) >= 11 is 0. The molecule has 2 aromatic rings. The Morgan fingerprint density at radius 1 is 0.966 bits per heavy atom. The first kappa shape index (κ1) is 21.2. The Hall–Kier alpha value is -2.49. The quantitative estimate of drug-likeness (QED) is 0.609. The molecule has 3 rings (SSSR count). The van der Waals surface area contributed by atoms with Gasteiger partial charge in [0, 0.05) is 17.2 Å². The number of hydrogen-bond acceptors (Lipinski definition) is 3. The molecule has 4 heteroatoms. The number of amides is 1. The maximum Gasteiger partial charge on any atom is 0.251 e. The Bertz CT molecular complexity index is 823. The molecule has 0 spiro atoms. The van der Waals surface area contributed by atoms with Gasteiger partial charge in [0.25, 0.3) is 5.91 Å². The number of ether oxygens (including phenoxy) is 2. The van der Waals surface area contributed by atoms with Crippen LogP contribution < -0.4 is 14.8 Å². The van der Waals surface area contributed by atoms with E-state index in [4.69, 9.17) is 9.47 Å². The lowest BCUT2D eigenvalue weighted by atomic mass is 10.1. The van der Waals surface area contributed by atoms with Crippen LogP contribution in [-0.2, 0) is 6.61 Å². The number of carbonyl (C=O) groups excluding carboxylic acids is 1. The summed E-state index contributed by atoms with van der Waals surface area (Å²) in [6.45, 7) is 7.06. The number of carbonyl (C=O) groups is 1. The average Bonchev–Trinajstić information content (AvgIpc) is 2.98. The van der Waals surface area contributed by atoms with E-state index in [0.29, 0.717) is 18.8 Å². The molecule has 0 aromatic heterocycles. The van der Waals surface area contributed by atoms with Crippen LogP contribution in [0.5, 0.6) is 11.5 Å². The van der Waals surface area contributed by atoms with Crippen molar-refractivity contribution in [3.8, 4) is 11.5 Å². The molecule has 0 unspecified atom stereocenters. The fraction of sp³-hybridized carbons (Fsp3) is 0.480. The first-order valence-electron chi connectivity index (χ1n) is 10.8. The molecule has 1 fully saturated rings. The van der Waals surface area contributed by atoms with E-state index in [9.17, 15) is 4.79 Å². The standard InChI is InChI=1S/C25H33NO3/c1-4-28-24-14-12-20(25(27)26-22-9-7-5-6-8-10-22)16-21(24)17-29-23-13-11-18(2)19(3)15-23/h11-16,22H,4-10,17H2,1-3H3,(H,26,27). The predicted molar refractivity (Wildman–Crippen MR) is 117 cm³/mol. The van der Waals surface area contributed by atoms with Crippen molar-refractivity contribution in [2.24, 2.45) is 0 Å². The van der Waals surface area contributed by atoms with Crippen molar-refractivity contribution < 1.29 is 14.3 Å². The molecule has 2 aromatic carbocycles. The van der Waals surface area contributed by atoms with Crippen molar-refractivity contribution >= 4 is 5.91 Å². The van der Waals surface area contributed by atoms with E-state index in [0.717, 1.165) is 29.9 Å². The second kappa shape index (κ2) is 10.3. The molecule has 1 aliphatic carbocycles. The summed E-state index contributed by atoms with van der Waals surface area (Å²) < 4.78 is 11.8. The van der Waals surface area contributed by atoms with Crippen LogP contribution in [-0.4, -0.2) is 18.6 Å². The first-order valence-corrected chi connectivity index (χ1v) is 10.8. The minimum absolute atomic E-state index is 0.00706. The van der Waals surface area contributed by atoms with E-state index in [1.54, 1.807) is 0 Å². The van der Waals surface area contributed by atoms with Crippen LogP contribution >= 0.6 is 0 Å². The maximum atomic E-state index is 12.8. The second-order valence-electron chi connectivity index (χ2n) is 7.95. The zero-order chi connectivity index (χ0) is 20.6. The smallest absolute Gasteiger partial charge is 0.251 e. The van der Waals surface area contributed by atoms with Gasteiger partial charge in [-0.15, -0.1) is 0 Å². The van der Waals surface area contributed by atoms with Crippen LogP contribution in [0, 0.1) is 13.8 Å². The van der Waals surface area contributed by atoms with Crippen LogP contribution in [0.15, 0.2) is 36.4 Å². The van der Waals surface area contributed by atoms with Crippen molar-refractivity contribution in [1.82, 2.24) is 5.32 Å². The Labute approximate surface area is 174 Å². The second-order valence-corrected chi connectivity index (χ2v) is 7.95. The van der Waals surface area contributed by atoms with Crippen LogP contribution in [0.3, 0.4) is 0 Å². The number of rotatable bonds is 7. The zero-order valence-electron chi connectivity index (χ0n) is 17.9. The average molecular weight is 396 g/mol. The summed E-state index contributed by atoms with van der Waals surface area (Å²) in [5.41, 5.74) is 3.99. The van der Waals surface area contributed by atoms with Gasteiger partial charge in [0.2, 0.25) is 0 Å². The van der Waals surface area contributed by atoms with Crippen molar-refractivity contribution in [2.45, 2.75) is 71.9 Å². The van der Waals surface area contributed by atoms with Crippen molar-refractivity contribution in [3.05, 3.63) is 58.7 Å². The number of benzene rings is 2. The Morgan fingerprint density at radius 2 is 1.72 bits per heavy atom. The number of nitrogens with one attached hydrogen (secondary N) is 1. The van der Waals surface area contributed by atoms with Crippen LogP contribution in [0.4, 0.5) is 0 Å². The van der Waals surface area contributed by atoms with Gasteiger partial charge in [-0.1, -0.05) is 31.7 Å². The van der Waals surface area contributed by atoms with Gasteiger partial charge >= 0.3 is 0 Å². The molecule has 1 amide bonds. The van der Waals surface area contributed by atoms with E-state index >= 15 is 0 Å². The van der Waals surface area contributed by atoms with Gasteiger partial charge in [-0.3, -0.25) is 4.79 Å². The molecule has 1 aliphatic rings. The fourth-order valence-corrected chi connectivity index (χ4v) is 3.79. The molecule has 0 atom stereocenters. The van der Waals surface area contributed by atoms with E-state index < -0.39 is 0 Å². The highest BCUT2D eigenvalue weighted by molar-refractivity contribution is 5.94. The molecule has 0 heterocycles. The topological polar surface area (TPSA) is 47.6 Å². The summed E-state index contributed by atoms with van der Waals surface area (Å²) in [7, 11) is 0. The highest BCUT2D eigenvalue weighted by Gasteiger charge is 2.17. The Balaban J connectivity index is 1.72. The van der Waals surface area contributed by atoms with Gasteiger partial charge in [-0.05, 0) is 75.1 Å². The molecule has 0 bridgehead atoms. The Morgan fingerprint density at radius 3 is 2.41 bits per heavy atom. The maximum absolute atomic E-state index is 12.8. The monoisotopic (exact) mass is 395 g/mol. The summed E-state index contributed by atoms with van der Waals surface area (Å²) in [6, 6.07) is 12.0. The van der Waals surface area contributed by atoms with Crippen molar-refractivity contribution in [3.63, 3.8) is 0 Å². The molecular formula is C25H33NO3. The fourth-order valence-electron chi connectivity index (χ4n) is 3.79. The molecule has 29 heavy (non-hydrogen) atoms. The van der Waals surface area contributed by atoms with Gasteiger partial charge in [-0.25, -0.2) is 0 Å².